The molecule has 0 fully saturated rings. The third-order valence-corrected chi connectivity index (χ3v) is 9.28. The van der Waals surface area contributed by atoms with Gasteiger partial charge in [0.05, 0.1) is 42.4 Å². The van der Waals surface area contributed by atoms with Crippen molar-refractivity contribution in [2.24, 2.45) is 5.92 Å². The number of carbonyl (C=O) groups excluding carboxylic acids is 2. The molecule has 4 atom stereocenters. The molecule has 46 heavy (non-hydrogen) atoms. The number of nitrogens with one attached hydrogen (secondary N) is 2. The average Bonchev–Trinajstić information content (AvgIpc) is 3.01. The Morgan fingerprint density at radius 1 is 1.13 bits per heavy atom. The second-order valence-electron chi connectivity index (χ2n) is 12.3. The Labute approximate surface area is 273 Å². The molecular weight excluding hydrogens is 612 g/mol. The van der Waals surface area contributed by atoms with E-state index < -0.39 is 22.0 Å². The summed E-state index contributed by atoms with van der Waals surface area (Å²) in [5.41, 5.74) is 0.348. The number of urea groups is 1. The van der Waals surface area contributed by atoms with E-state index in [2.05, 4.69) is 10.0 Å². The molecule has 13 heteroatoms. The summed E-state index contributed by atoms with van der Waals surface area (Å²) >= 11 is 0. The first-order valence-corrected chi connectivity index (χ1v) is 17.3. The Bertz CT molecular complexity index is 1400. The molecule has 0 spiro atoms. The van der Waals surface area contributed by atoms with Crippen LogP contribution in [0, 0.1) is 5.92 Å². The van der Waals surface area contributed by atoms with Crippen molar-refractivity contribution in [1.29, 1.82) is 0 Å². The average molecular weight is 663 g/mol. The van der Waals surface area contributed by atoms with Crippen molar-refractivity contribution in [3.63, 3.8) is 0 Å². The lowest BCUT2D eigenvalue weighted by Gasteiger charge is -2.36. The molecule has 0 aromatic heterocycles. The van der Waals surface area contributed by atoms with E-state index >= 15 is 0 Å². The number of amides is 3. The number of methoxy groups -OCH3 is 1. The standard InChI is InChI=1S/C33H50N4O8S/c1-22(2)34-33(40)36(6)20-31-23(3)19-37(24(4)21-38)32(39)29-18-26(11-16-30(29)45-25(5)10-8-9-17-44-31)35-46(41,42)28-14-12-27(43-7)13-15-28/h11-16,18,22-25,31,35,38H,8-10,17,19-21H2,1-7H3,(H,34,40)/t23-,24-,25-,31-/m0/s1. The number of ether oxygens (including phenoxy) is 3. The van der Waals surface area contributed by atoms with Crippen LogP contribution in [0.4, 0.5) is 10.5 Å². The van der Waals surface area contributed by atoms with Gasteiger partial charge in [0.2, 0.25) is 0 Å². The number of aliphatic hydroxyl groups is 1. The number of rotatable bonds is 9. The van der Waals surface area contributed by atoms with E-state index in [1.165, 1.54) is 25.3 Å². The van der Waals surface area contributed by atoms with E-state index in [4.69, 9.17) is 14.2 Å². The number of sulfonamides is 1. The maximum atomic E-state index is 14.3. The van der Waals surface area contributed by atoms with Crippen LogP contribution in [-0.4, -0.2) is 100 Å². The predicted molar refractivity (Wildman–Crippen MR) is 177 cm³/mol. The fourth-order valence-corrected chi connectivity index (χ4v) is 6.18. The number of hydrogen-bond donors (Lipinski definition) is 3. The molecule has 3 N–H and O–H groups in total. The number of nitrogens with zero attached hydrogens (tertiary/aromatic N) is 2. The van der Waals surface area contributed by atoms with Gasteiger partial charge in [-0.15, -0.1) is 0 Å². The molecule has 2 aromatic rings. The fourth-order valence-electron chi connectivity index (χ4n) is 5.13. The van der Waals surface area contributed by atoms with Gasteiger partial charge in [0.1, 0.15) is 11.5 Å². The zero-order valence-electron chi connectivity index (χ0n) is 28.0. The first kappa shape index (κ1) is 36.9. The predicted octanol–water partition coefficient (Wildman–Crippen LogP) is 4.34. The SMILES string of the molecule is COc1ccc(S(=O)(=O)Nc2ccc3c(c2)C(=O)N([C@@H](C)CO)C[C@H](C)[C@H](CN(C)C(=O)NC(C)C)OCCCC[C@H](C)O3)cc1. The molecule has 0 bridgehead atoms. The molecule has 256 valence electrons. The Balaban J connectivity index is 1.98. The molecule has 1 heterocycles. The van der Waals surface area contributed by atoms with Crippen molar-refractivity contribution in [1.82, 2.24) is 15.1 Å². The smallest absolute Gasteiger partial charge is 0.317 e. The Hall–Kier alpha value is -3.55. The minimum Gasteiger partial charge on any atom is -0.497 e. The van der Waals surface area contributed by atoms with Crippen molar-refractivity contribution in [2.45, 2.75) is 83.1 Å². The second-order valence-corrected chi connectivity index (χ2v) is 14.0. The number of hydrogen-bond acceptors (Lipinski definition) is 8. The summed E-state index contributed by atoms with van der Waals surface area (Å²) in [7, 11) is -0.777. The summed E-state index contributed by atoms with van der Waals surface area (Å²) in [6.45, 7) is 10.1. The lowest BCUT2D eigenvalue weighted by molar-refractivity contribution is -0.0122. The number of likely N-dealkylation sites (N-methyl/N-ethyl adjacent to an activating group) is 1. The van der Waals surface area contributed by atoms with E-state index in [1.54, 1.807) is 48.0 Å². The molecule has 2 aromatic carbocycles. The van der Waals surface area contributed by atoms with Crippen LogP contribution in [0.5, 0.6) is 11.5 Å². The van der Waals surface area contributed by atoms with Gasteiger partial charge in [0, 0.05) is 44.4 Å². The van der Waals surface area contributed by atoms with Crippen LogP contribution in [0.25, 0.3) is 0 Å². The maximum absolute atomic E-state index is 14.3. The highest BCUT2D eigenvalue weighted by Crippen LogP contribution is 2.30. The summed E-state index contributed by atoms with van der Waals surface area (Å²) in [6.07, 6.45) is 1.69. The van der Waals surface area contributed by atoms with Crippen molar-refractivity contribution in [3.8, 4) is 11.5 Å². The molecule has 0 saturated carbocycles. The lowest BCUT2D eigenvalue weighted by Crippen LogP contribution is -2.49. The van der Waals surface area contributed by atoms with E-state index in [-0.39, 0.29) is 59.5 Å². The summed E-state index contributed by atoms with van der Waals surface area (Å²) in [5, 5.41) is 13.1. The molecule has 12 nitrogen and oxygen atoms in total. The molecule has 0 saturated heterocycles. The van der Waals surface area contributed by atoms with E-state index in [1.807, 2.05) is 27.7 Å². The molecule has 0 radical (unpaired) electrons. The van der Waals surface area contributed by atoms with E-state index in [0.29, 0.717) is 31.1 Å². The van der Waals surface area contributed by atoms with Gasteiger partial charge in [-0.3, -0.25) is 9.52 Å². The molecule has 1 aliphatic heterocycles. The van der Waals surface area contributed by atoms with Crippen LogP contribution in [-0.2, 0) is 14.8 Å². The summed E-state index contributed by atoms with van der Waals surface area (Å²) in [5.74, 6) is 0.188. The van der Waals surface area contributed by atoms with Crippen LogP contribution in [0.15, 0.2) is 47.4 Å². The van der Waals surface area contributed by atoms with Crippen LogP contribution < -0.4 is 19.5 Å². The van der Waals surface area contributed by atoms with Crippen LogP contribution in [0.3, 0.4) is 0 Å². The van der Waals surface area contributed by atoms with Crippen molar-refractivity contribution >= 4 is 27.6 Å². The highest BCUT2D eigenvalue weighted by atomic mass is 32.2. The lowest BCUT2D eigenvalue weighted by atomic mass is 10.0. The van der Waals surface area contributed by atoms with Gasteiger partial charge in [0.15, 0.2) is 0 Å². The van der Waals surface area contributed by atoms with Crippen molar-refractivity contribution in [3.05, 3.63) is 48.0 Å². The van der Waals surface area contributed by atoms with E-state index in [0.717, 1.165) is 12.8 Å². The molecule has 3 rings (SSSR count). The summed E-state index contributed by atoms with van der Waals surface area (Å²) in [6, 6.07) is 9.79. The quantitative estimate of drug-likeness (QED) is 0.360. The van der Waals surface area contributed by atoms with Crippen molar-refractivity contribution in [2.75, 3.05) is 45.2 Å². The third-order valence-electron chi connectivity index (χ3n) is 7.89. The normalized spacial score (nSPS) is 20.6. The van der Waals surface area contributed by atoms with Gasteiger partial charge in [0.25, 0.3) is 15.9 Å². The maximum Gasteiger partial charge on any atom is 0.317 e. The minimum absolute atomic E-state index is 0.0225. The summed E-state index contributed by atoms with van der Waals surface area (Å²) in [4.78, 5) is 30.2. The fraction of sp³-hybridized carbons (Fsp3) is 0.576. The largest absolute Gasteiger partial charge is 0.497 e. The Morgan fingerprint density at radius 2 is 1.83 bits per heavy atom. The highest BCUT2D eigenvalue weighted by molar-refractivity contribution is 7.92. The molecule has 1 aliphatic rings. The topological polar surface area (TPSA) is 147 Å². The number of aliphatic hydroxyl groups excluding tert-OH is 1. The van der Waals surface area contributed by atoms with Gasteiger partial charge >= 0.3 is 6.03 Å². The molecular formula is C33H50N4O8S. The van der Waals surface area contributed by atoms with Gasteiger partial charge in [-0.25, -0.2) is 13.2 Å². The van der Waals surface area contributed by atoms with Crippen molar-refractivity contribution < 1.29 is 37.3 Å². The van der Waals surface area contributed by atoms with Gasteiger partial charge < -0.3 is 34.4 Å². The highest BCUT2D eigenvalue weighted by Gasteiger charge is 2.31. The zero-order valence-corrected chi connectivity index (χ0v) is 28.8. The minimum atomic E-state index is -3.98. The number of benzene rings is 2. The number of fused-ring (bicyclic) bond motifs is 1. The third kappa shape index (κ3) is 10.2. The monoisotopic (exact) mass is 662 g/mol. The second kappa shape index (κ2) is 16.8. The van der Waals surface area contributed by atoms with Gasteiger partial charge in [-0.05, 0) is 89.4 Å². The van der Waals surface area contributed by atoms with Crippen LogP contribution in [0.2, 0.25) is 0 Å². The number of anilines is 1. The van der Waals surface area contributed by atoms with Gasteiger partial charge in [-0.1, -0.05) is 6.92 Å². The first-order valence-electron chi connectivity index (χ1n) is 15.8. The Morgan fingerprint density at radius 3 is 2.46 bits per heavy atom. The molecule has 3 amide bonds. The molecule has 0 aliphatic carbocycles. The Kier molecular flexibility index (Phi) is 13.5. The summed E-state index contributed by atoms with van der Waals surface area (Å²) < 4.78 is 46.7. The van der Waals surface area contributed by atoms with E-state index in [9.17, 15) is 23.1 Å². The van der Waals surface area contributed by atoms with Gasteiger partial charge in [-0.2, -0.15) is 0 Å². The van der Waals surface area contributed by atoms with Crippen LogP contribution >= 0.6 is 0 Å². The number of carbonyl (C=O) groups is 2. The zero-order chi connectivity index (χ0) is 34.0. The molecule has 0 unspecified atom stereocenters. The van der Waals surface area contributed by atoms with Crippen LogP contribution in [0.1, 0.15) is 64.2 Å². The first-order chi connectivity index (χ1) is 21.7.